The molecule has 0 atom stereocenters. The van der Waals surface area contributed by atoms with E-state index in [0.29, 0.717) is 17.7 Å². The summed E-state index contributed by atoms with van der Waals surface area (Å²) in [5.41, 5.74) is 4.03. The smallest absolute Gasteiger partial charge is 0.254 e. The molecule has 1 amide bonds. The van der Waals surface area contributed by atoms with Gasteiger partial charge in [0.15, 0.2) is 0 Å². The molecule has 5 heteroatoms. The molecule has 120 valence electrons. The molecule has 0 radical (unpaired) electrons. The minimum Gasteiger partial charge on any atom is -0.370 e. The highest BCUT2D eigenvalue weighted by Gasteiger charge is 2.29. The highest BCUT2D eigenvalue weighted by molar-refractivity contribution is 6.00. The van der Waals surface area contributed by atoms with Gasteiger partial charge < -0.3 is 10.2 Å². The maximum Gasteiger partial charge on any atom is 0.254 e. The number of hydrogen-bond acceptors (Lipinski definition) is 4. The first-order chi connectivity index (χ1) is 11.6. The molecule has 0 fully saturated rings. The fraction of sp³-hybridized carbons (Fsp3) is 0.211. The van der Waals surface area contributed by atoms with Crippen molar-refractivity contribution in [3.05, 3.63) is 59.8 Å². The van der Waals surface area contributed by atoms with E-state index in [0.717, 1.165) is 29.1 Å². The van der Waals surface area contributed by atoms with E-state index < -0.39 is 0 Å². The molecule has 0 saturated heterocycles. The zero-order valence-corrected chi connectivity index (χ0v) is 13.5. The molecule has 3 rings (SSSR count). The lowest BCUT2D eigenvalue weighted by molar-refractivity contribution is 0.0794. The van der Waals surface area contributed by atoms with Gasteiger partial charge in [0.05, 0.1) is 12.6 Å². The van der Waals surface area contributed by atoms with Gasteiger partial charge in [-0.2, -0.15) is 5.26 Å². The number of nitriles is 1. The van der Waals surface area contributed by atoms with Gasteiger partial charge >= 0.3 is 0 Å². The summed E-state index contributed by atoms with van der Waals surface area (Å²) < 4.78 is 0. The van der Waals surface area contributed by atoms with Crippen LogP contribution in [0.1, 0.15) is 22.8 Å². The molecule has 0 bridgehead atoms. The second-order valence-electron chi connectivity index (χ2n) is 5.67. The summed E-state index contributed by atoms with van der Waals surface area (Å²) in [4.78, 5) is 18.6. The molecule has 5 nitrogen and oxygen atoms in total. The Morgan fingerprint density at radius 2 is 2.17 bits per heavy atom. The number of nitrogens with zero attached hydrogens (tertiary/aromatic N) is 3. The highest BCUT2D eigenvalue weighted by Crippen LogP contribution is 2.32. The summed E-state index contributed by atoms with van der Waals surface area (Å²) >= 11 is 0. The van der Waals surface area contributed by atoms with Crippen LogP contribution >= 0.6 is 0 Å². The van der Waals surface area contributed by atoms with E-state index in [2.05, 4.69) is 16.9 Å². The molecule has 2 heterocycles. The number of hydrogen-bond donors (Lipinski definition) is 1. The average molecular weight is 318 g/mol. The quantitative estimate of drug-likeness (QED) is 0.859. The molecule has 0 unspecified atom stereocenters. The van der Waals surface area contributed by atoms with Crippen LogP contribution in [0, 0.1) is 11.3 Å². The van der Waals surface area contributed by atoms with Gasteiger partial charge in [-0.15, -0.1) is 0 Å². The number of amides is 1. The van der Waals surface area contributed by atoms with Crippen molar-refractivity contribution in [2.75, 3.05) is 18.4 Å². The zero-order valence-electron chi connectivity index (χ0n) is 13.5. The third kappa shape index (κ3) is 2.86. The molecule has 24 heavy (non-hydrogen) atoms. The molecule has 1 aliphatic heterocycles. The van der Waals surface area contributed by atoms with Crippen molar-refractivity contribution < 1.29 is 4.79 Å². The molecule has 0 saturated carbocycles. The molecule has 1 aromatic carbocycles. The SMILES string of the molecule is C=C(C#N)CN1Cc2c(cccc2-c2ccc(NCC)nc2)C1=O. The number of carbonyl (C=O) groups is 1. The van der Waals surface area contributed by atoms with Crippen molar-refractivity contribution in [1.29, 1.82) is 5.26 Å². The van der Waals surface area contributed by atoms with Gasteiger partial charge in [-0.25, -0.2) is 4.98 Å². The van der Waals surface area contributed by atoms with Crippen LogP contribution in [0.15, 0.2) is 48.7 Å². The van der Waals surface area contributed by atoms with E-state index >= 15 is 0 Å². The van der Waals surface area contributed by atoms with Gasteiger partial charge in [0.25, 0.3) is 5.91 Å². The van der Waals surface area contributed by atoms with Gasteiger partial charge in [0, 0.05) is 36.0 Å². The third-order valence-electron chi connectivity index (χ3n) is 4.01. The van der Waals surface area contributed by atoms with Gasteiger partial charge in [0.1, 0.15) is 5.82 Å². The second kappa shape index (κ2) is 6.55. The molecular formula is C19H18N4O. The first-order valence-electron chi connectivity index (χ1n) is 7.83. The number of rotatable bonds is 5. The van der Waals surface area contributed by atoms with Gasteiger partial charge in [-0.05, 0) is 36.2 Å². The van der Waals surface area contributed by atoms with Crippen molar-refractivity contribution in [2.45, 2.75) is 13.5 Å². The van der Waals surface area contributed by atoms with Gasteiger partial charge in [-0.1, -0.05) is 18.7 Å². The maximum absolute atomic E-state index is 12.5. The summed E-state index contributed by atoms with van der Waals surface area (Å²) in [5, 5.41) is 12.1. The van der Waals surface area contributed by atoms with E-state index in [1.807, 2.05) is 49.5 Å². The topological polar surface area (TPSA) is 69.0 Å². The molecular weight excluding hydrogens is 300 g/mol. The standard InChI is InChI=1S/C19H18N4O/c1-3-21-18-8-7-14(10-22-18)15-5-4-6-16-17(15)12-23(19(16)24)11-13(2)9-20/h4-8,10H,2-3,11-12H2,1H3,(H,21,22). The Morgan fingerprint density at radius 3 is 2.83 bits per heavy atom. The first kappa shape index (κ1) is 15.8. The first-order valence-corrected chi connectivity index (χ1v) is 7.83. The monoisotopic (exact) mass is 318 g/mol. The predicted octanol–water partition coefficient (Wildman–Crippen LogP) is 3.22. The lowest BCUT2D eigenvalue weighted by Crippen LogP contribution is -2.25. The Hall–Kier alpha value is -3.13. The van der Waals surface area contributed by atoms with E-state index in [4.69, 9.17) is 5.26 Å². The molecule has 2 aromatic rings. The number of carbonyl (C=O) groups excluding carboxylic acids is 1. The van der Waals surface area contributed by atoms with Crippen LogP contribution < -0.4 is 5.32 Å². The summed E-state index contributed by atoms with van der Waals surface area (Å²) in [6.45, 7) is 7.26. The molecule has 0 spiro atoms. The Bertz CT molecular complexity index is 833. The minimum atomic E-state index is -0.0551. The Labute approximate surface area is 141 Å². The van der Waals surface area contributed by atoms with Crippen LogP contribution in [0.25, 0.3) is 11.1 Å². The highest BCUT2D eigenvalue weighted by atomic mass is 16.2. The van der Waals surface area contributed by atoms with Crippen LogP contribution in [-0.2, 0) is 6.54 Å². The van der Waals surface area contributed by atoms with Gasteiger partial charge in [0.2, 0.25) is 0 Å². The third-order valence-corrected chi connectivity index (χ3v) is 4.01. The average Bonchev–Trinajstić information content (AvgIpc) is 2.92. The van der Waals surface area contributed by atoms with Crippen LogP contribution in [0.3, 0.4) is 0 Å². The second-order valence-corrected chi connectivity index (χ2v) is 5.67. The lowest BCUT2D eigenvalue weighted by Gasteiger charge is -2.14. The summed E-state index contributed by atoms with van der Waals surface area (Å²) in [6, 6.07) is 11.6. The van der Waals surface area contributed by atoms with E-state index in [9.17, 15) is 4.79 Å². The number of aromatic nitrogens is 1. The van der Waals surface area contributed by atoms with Crippen molar-refractivity contribution in [3.63, 3.8) is 0 Å². The largest absolute Gasteiger partial charge is 0.370 e. The van der Waals surface area contributed by atoms with E-state index in [1.165, 1.54) is 0 Å². The van der Waals surface area contributed by atoms with Crippen LogP contribution in [0.4, 0.5) is 5.82 Å². The predicted molar refractivity (Wildman–Crippen MR) is 93.3 cm³/mol. The molecule has 1 aliphatic rings. The van der Waals surface area contributed by atoms with E-state index in [-0.39, 0.29) is 12.5 Å². The van der Waals surface area contributed by atoms with Crippen LogP contribution in [0.5, 0.6) is 0 Å². The number of benzene rings is 1. The summed E-state index contributed by atoms with van der Waals surface area (Å²) in [5.74, 6) is 0.775. The molecule has 1 aromatic heterocycles. The fourth-order valence-electron chi connectivity index (χ4n) is 2.89. The minimum absolute atomic E-state index is 0.0551. The van der Waals surface area contributed by atoms with Crippen molar-refractivity contribution in [1.82, 2.24) is 9.88 Å². The molecule has 0 aliphatic carbocycles. The summed E-state index contributed by atoms with van der Waals surface area (Å²) in [7, 11) is 0. The fourth-order valence-corrected chi connectivity index (χ4v) is 2.89. The lowest BCUT2D eigenvalue weighted by atomic mass is 9.98. The number of anilines is 1. The van der Waals surface area contributed by atoms with Gasteiger partial charge in [-0.3, -0.25) is 4.79 Å². The Kier molecular flexibility index (Phi) is 4.30. The number of nitrogens with one attached hydrogen (secondary N) is 1. The normalized spacial score (nSPS) is 12.7. The maximum atomic E-state index is 12.5. The van der Waals surface area contributed by atoms with E-state index in [1.54, 1.807) is 4.90 Å². The van der Waals surface area contributed by atoms with Crippen molar-refractivity contribution in [2.24, 2.45) is 0 Å². The van der Waals surface area contributed by atoms with Crippen molar-refractivity contribution >= 4 is 11.7 Å². The molecule has 1 N–H and O–H groups in total. The zero-order chi connectivity index (χ0) is 17.1. The number of fused-ring (bicyclic) bond motifs is 1. The number of pyridine rings is 1. The van der Waals surface area contributed by atoms with Crippen LogP contribution in [0.2, 0.25) is 0 Å². The van der Waals surface area contributed by atoms with Crippen molar-refractivity contribution in [3.8, 4) is 17.2 Å². The Balaban J connectivity index is 1.93. The Morgan fingerprint density at radius 1 is 1.38 bits per heavy atom. The summed E-state index contributed by atoms with van der Waals surface area (Å²) in [6.07, 6.45) is 1.81. The van der Waals surface area contributed by atoms with Crippen LogP contribution in [-0.4, -0.2) is 28.9 Å².